The summed E-state index contributed by atoms with van der Waals surface area (Å²) in [5.74, 6) is 0.150. The Kier molecular flexibility index (Phi) is 21.0. The van der Waals surface area contributed by atoms with Gasteiger partial charge in [-0.3, -0.25) is 0 Å². The maximum atomic E-state index is 10.4. The zero-order valence-corrected chi connectivity index (χ0v) is 19.8. The molecule has 0 aliphatic heterocycles. The molecule has 0 N–H and O–H groups in total. The topological polar surface area (TPSA) is 126 Å². The summed E-state index contributed by atoms with van der Waals surface area (Å²) in [5.41, 5.74) is 0. The molecule has 0 radical (unpaired) electrons. The van der Waals surface area contributed by atoms with E-state index in [2.05, 4.69) is 13.8 Å². The van der Waals surface area contributed by atoms with Crippen molar-refractivity contribution in [3.63, 3.8) is 0 Å². The maximum Gasteiger partial charge on any atom is 4.00 e. The molecule has 2 unspecified atom stereocenters. The quantitative estimate of drug-likeness (QED) is 0.312. The molecular formula is C16H34MoO6P2. The zero-order valence-electron chi connectivity index (χ0n) is 16.0. The SMILES string of the molecule is CCCCC(CC)CP(=O)([O-])[O-].CCCCC(CC)CP(=O)([O-])[O-].[Mo+4]. The first-order valence-electron chi connectivity index (χ1n) is 9.01. The Morgan fingerprint density at radius 2 is 0.960 bits per heavy atom. The minimum absolute atomic E-state index is 0. The fourth-order valence-electron chi connectivity index (χ4n) is 2.47. The number of hydrogen-bond acceptors (Lipinski definition) is 6. The average Bonchev–Trinajstić information content (AvgIpc) is 2.46. The van der Waals surface area contributed by atoms with Crippen molar-refractivity contribution in [3.05, 3.63) is 0 Å². The van der Waals surface area contributed by atoms with Crippen molar-refractivity contribution in [2.24, 2.45) is 11.8 Å². The normalized spacial score (nSPS) is 14.1. The minimum Gasteiger partial charge on any atom is -0.811 e. The van der Waals surface area contributed by atoms with E-state index in [0.29, 0.717) is 0 Å². The first-order chi connectivity index (χ1) is 11.0. The third kappa shape index (κ3) is 25.0. The molecule has 0 saturated heterocycles. The van der Waals surface area contributed by atoms with Crippen molar-refractivity contribution in [2.45, 2.75) is 79.1 Å². The molecule has 0 bridgehead atoms. The molecule has 0 fully saturated rings. The van der Waals surface area contributed by atoms with Crippen LogP contribution in [0.3, 0.4) is 0 Å². The van der Waals surface area contributed by atoms with E-state index in [4.69, 9.17) is 0 Å². The third-order valence-corrected chi connectivity index (χ3v) is 5.98. The van der Waals surface area contributed by atoms with Crippen LogP contribution in [0.15, 0.2) is 0 Å². The first-order valence-corrected chi connectivity index (χ1v) is 12.5. The summed E-state index contributed by atoms with van der Waals surface area (Å²) < 4.78 is 20.9. The predicted octanol–water partition coefficient (Wildman–Crippen LogP) is 2.23. The fourth-order valence-corrected chi connectivity index (χ4v) is 4.61. The maximum absolute atomic E-state index is 10.4. The third-order valence-electron chi connectivity index (χ3n) is 4.05. The van der Waals surface area contributed by atoms with Crippen LogP contribution < -0.4 is 19.6 Å². The molecule has 25 heavy (non-hydrogen) atoms. The molecule has 150 valence electrons. The van der Waals surface area contributed by atoms with Gasteiger partial charge in [0, 0.05) is 0 Å². The van der Waals surface area contributed by atoms with Crippen LogP contribution in [0.25, 0.3) is 0 Å². The Bertz CT molecular complexity index is 347. The van der Waals surface area contributed by atoms with E-state index in [1.165, 1.54) is 0 Å². The van der Waals surface area contributed by atoms with E-state index >= 15 is 0 Å². The largest absolute Gasteiger partial charge is 4.00 e. The number of unbranched alkanes of at least 4 members (excludes halogenated alkanes) is 2. The van der Waals surface area contributed by atoms with Gasteiger partial charge in [-0.2, -0.15) is 0 Å². The zero-order chi connectivity index (χ0) is 19.2. The molecule has 0 heterocycles. The molecule has 0 rings (SSSR count). The minimum atomic E-state index is -4.28. The summed E-state index contributed by atoms with van der Waals surface area (Å²) in [6.45, 7) is 7.97. The Morgan fingerprint density at radius 1 is 0.680 bits per heavy atom. The Hall–Kier alpha value is 0.988. The van der Waals surface area contributed by atoms with Gasteiger partial charge < -0.3 is 28.7 Å². The van der Waals surface area contributed by atoms with Gasteiger partial charge in [0.05, 0.1) is 0 Å². The number of rotatable bonds is 12. The molecule has 0 aliphatic carbocycles. The van der Waals surface area contributed by atoms with Crippen molar-refractivity contribution in [3.8, 4) is 0 Å². The van der Waals surface area contributed by atoms with Crippen LogP contribution in [-0.4, -0.2) is 12.3 Å². The molecule has 0 aliphatic rings. The summed E-state index contributed by atoms with van der Waals surface area (Å²) in [7, 11) is -8.56. The molecule has 0 amide bonds. The van der Waals surface area contributed by atoms with Crippen molar-refractivity contribution in [1.29, 1.82) is 0 Å². The second-order valence-electron chi connectivity index (χ2n) is 6.42. The fraction of sp³-hybridized carbons (Fsp3) is 1.00. The van der Waals surface area contributed by atoms with Crippen LogP contribution in [0.2, 0.25) is 0 Å². The molecule has 0 saturated carbocycles. The van der Waals surface area contributed by atoms with Gasteiger partial charge in [0.1, 0.15) is 0 Å². The van der Waals surface area contributed by atoms with Crippen molar-refractivity contribution in [2.75, 3.05) is 12.3 Å². The van der Waals surface area contributed by atoms with Crippen LogP contribution in [0.5, 0.6) is 0 Å². The molecule has 2 atom stereocenters. The van der Waals surface area contributed by atoms with Crippen molar-refractivity contribution >= 4 is 15.2 Å². The van der Waals surface area contributed by atoms with Crippen LogP contribution >= 0.6 is 15.2 Å². The van der Waals surface area contributed by atoms with Gasteiger partial charge in [-0.1, -0.05) is 94.3 Å². The molecule has 0 spiro atoms. The van der Waals surface area contributed by atoms with Crippen LogP contribution in [0.1, 0.15) is 79.1 Å². The molecular weight excluding hydrogens is 446 g/mol. The van der Waals surface area contributed by atoms with Gasteiger partial charge in [-0.25, -0.2) is 0 Å². The van der Waals surface area contributed by atoms with E-state index in [9.17, 15) is 28.7 Å². The molecule has 9 heteroatoms. The van der Waals surface area contributed by atoms with Crippen LogP contribution in [0.4, 0.5) is 0 Å². The standard InChI is InChI=1S/2C8H19O3P.Mo/c2*1-3-5-6-8(4-2)7-12(9,10)11;/h2*8H,3-7H2,1-2H3,(H2,9,10,11);/q;;+4/p-4. The van der Waals surface area contributed by atoms with Gasteiger partial charge in [-0.15, -0.1) is 0 Å². The van der Waals surface area contributed by atoms with Gasteiger partial charge in [0.25, 0.3) is 0 Å². The van der Waals surface area contributed by atoms with Crippen LogP contribution in [0, 0.1) is 11.8 Å². The van der Waals surface area contributed by atoms with Crippen LogP contribution in [-0.2, 0) is 30.2 Å². The Labute approximate surface area is 168 Å². The van der Waals surface area contributed by atoms with E-state index in [1.807, 2.05) is 13.8 Å². The molecule has 6 nitrogen and oxygen atoms in total. The van der Waals surface area contributed by atoms with Gasteiger partial charge in [-0.05, 0) is 24.2 Å². The van der Waals surface area contributed by atoms with E-state index in [0.717, 1.165) is 51.4 Å². The van der Waals surface area contributed by atoms with Gasteiger partial charge in [0.15, 0.2) is 0 Å². The summed E-state index contributed by atoms with van der Waals surface area (Å²) >= 11 is 0. The first kappa shape index (κ1) is 30.7. The predicted molar refractivity (Wildman–Crippen MR) is 91.6 cm³/mol. The number of hydrogen-bond donors (Lipinski definition) is 0. The summed E-state index contributed by atoms with van der Waals surface area (Å²) in [6, 6.07) is 0. The second-order valence-corrected chi connectivity index (χ2v) is 9.59. The summed E-state index contributed by atoms with van der Waals surface area (Å²) in [6.07, 6.45) is 7.10. The monoisotopic (exact) mass is 482 g/mol. The van der Waals surface area contributed by atoms with E-state index < -0.39 is 15.2 Å². The van der Waals surface area contributed by atoms with Gasteiger partial charge >= 0.3 is 21.1 Å². The summed E-state index contributed by atoms with van der Waals surface area (Å²) in [4.78, 5) is 41.7. The molecule has 0 aromatic heterocycles. The summed E-state index contributed by atoms with van der Waals surface area (Å²) in [5, 5.41) is 0. The Morgan fingerprint density at radius 3 is 1.12 bits per heavy atom. The second kappa shape index (κ2) is 17.1. The average molecular weight is 480 g/mol. The van der Waals surface area contributed by atoms with E-state index in [-0.39, 0.29) is 45.2 Å². The molecule has 0 aromatic carbocycles. The van der Waals surface area contributed by atoms with E-state index in [1.54, 1.807) is 0 Å². The van der Waals surface area contributed by atoms with Gasteiger partial charge in [0.2, 0.25) is 0 Å². The van der Waals surface area contributed by atoms with Crippen molar-refractivity contribution < 1.29 is 49.8 Å². The smallest absolute Gasteiger partial charge is 0.811 e. The Balaban J connectivity index is -0.000000372. The molecule has 0 aromatic rings. The van der Waals surface area contributed by atoms with Crippen molar-refractivity contribution in [1.82, 2.24) is 0 Å².